The Morgan fingerprint density at radius 3 is 2.12 bits per heavy atom. The van der Waals surface area contributed by atoms with E-state index in [9.17, 15) is 48.9 Å². The quantitative estimate of drug-likeness (QED) is 0.0231. The standard InChI is InChI=1S/C69H94ClN9O17.C4H10/c1-44-16-14-18-50(90-9)40-69(89)41-55(95-67(88)72-69)45(2)65(86)68(4,5)56(39-61(85)78(8)54-38-47(36-44)37-49(43-80)62(54)70)96-66(87)46(3)77(7)59(83)23-15-22-58(82)76(6)27-29-92-31-33-94-35-34-93-32-30-91-28-25-57(81)71-26-24-60(84)79-42-48-17-10-11-19-51(48)63-64(74-75-73-63)52-20-12-13-21-53(52)79;1-3-4-2/h10-14,16-21,37-38,45-46,50,55-56,65,80,86,89H,15,22-36,39-43H2,1-9H3,(H,71,81)(H,72,88)(H,73,74,75);3-4H2,1-2H3/b18-14+,44-16-;/t45-,46+,50-,55+,56+,65+,69-;/m1./s1. The molecule has 1 aromatic heterocycles. The number of aromatic amines is 1. The van der Waals surface area contributed by atoms with Gasteiger partial charge in [0.2, 0.25) is 29.5 Å². The average molecular weight is 1420 g/mol. The van der Waals surface area contributed by atoms with Crippen LogP contribution in [0.1, 0.15) is 129 Å². The SMILES string of the molecule is CCCC.CO[C@@H]1/C=C/C=C(/C)Cc2cc(CO)c(Cl)c(c2)N(C)C(=O)C[C@H](OC(=O)[C@H](C)N(C)C(=O)CCCC(=O)N(C)CCOCCOCCOCCOCCC(=O)NCCC(=O)N2Cc3ccccc3-c3n[nH]nc3-c3ccccc32)C(C)(C)[C@@H](O)[C@H](C)[C@@H]2C[C@](O)(C1)NC(=O)O2. The summed E-state index contributed by atoms with van der Waals surface area (Å²) in [6, 6.07) is 17.6. The highest BCUT2D eigenvalue weighted by molar-refractivity contribution is 6.34. The molecule has 7 atom stereocenters. The number of likely N-dealkylation sites (N-methyl/N-ethyl adjacent to an activating group) is 2. The van der Waals surface area contributed by atoms with Gasteiger partial charge in [-0.1, -0.05) is 131 Å². The third kappa shape index (κ3) is 23.5. The minimum atomic E-state index is -1.82. The lowest BCUT2D eigenvalue weighted by Crippen LogP contribution is -2.60. The van der Waals surface area contributed by atoms with E-state index in [2.05, 4.69) is 39.9 Å². The molecule has 4 bridgehead atoms. The minimum absolute atomic E-state index is 0.0424. The summed E-state index contributed by atoms with van der Waals surface area (Å²) < 4.78 is 39.9. The molecule has 3 aliphatic rings. The van der Waals surface area contributed by atoms with Gasteiger partial charge in [-0.3, -0.25) is 29.3 Å². The van der Waals surface area contributed by atoms with Crippen molar-refractivity contribution >= 4 is 64.6 Å². The van der Waals surface area contributed by atoms with E-state index < -0.39 is 84.4 Å². The number of amides is 6. The number of halogens is 1. The van der Waals surface area contributed by atoms with E-state index in [0.717, 1.165) is 33.5 Å². The third-order valence-corrected chi connectivity index (χ3v) is 18.7. The van der Waals surface area contributed by atoms with Crippen LogP contribution in [0.15, 0.2) is 84.5 Å². The molecule has 4 heterocycles. The number of rotatable bonds is 28. The number of aromatic nitrogens is 3. The molecule has 3 aromatic carbocycles. The Labute approximate surface area is 592 Å². The Kier molecular flexibility index (Phi) is 32.6. The molecule has 0 spiro atoms. The number of unbranched alkanes of at least 4 members (excludes halogenated alkanes) is 1. The second-order valence-electron chi connectivity index (χ2n) is 26.1. The Morgan fingerprint density at radius 2 is 1.46 bits per heavy atom. The summed E-state index contributed by atoms with van der Waals surface area (Å²) in [6.07, 6.45) is 2.63. The largest absolute Gasteiger partial charge is 0.460 e. The second kappa shape index (κ2) is 40.1. The van der Waals surface area contributed by atoms with Crippen LogP contribution in [0.3, 0.4) is 0 Å². The van der Waals surface area contributed by atoms with Crippen molar-refractivity contribution in [1.29, 1.82) is 0 Å². The Balaban J connectivity index is 0.00000383. The zero-order valence-corrected chi connectivity index (χ0v) is 60.6. The van der Waals surface area contributed by atoms with Crippen molar-refractivity contribution in [2.24, 2.45) is 11.3 Å². The van der Waals surface area contributed by atoms with Gasteiger partial charge in [0.15, 0.2) is 0 Å². The summed E-state index contributed by atoms with van der Waals surface area (Å²) in [5.41, 5.74) is 3.71. The molecule has 1 saturated heterocycles. The van der Waals surface area contributed by atoms with Crippen LogP contribution in [0.5, 0.6) is 0 Å². The highest BCUT2D eigenvalue weighted by Gasteiger charge is 2.50. The molecule has 26 nitrogen and oxygen atoms in total. The van der Waals surface area contributed by atoms with Crippen LogP contribution in [-0.2, 0) is 81.5 Å². The number of para-hydroxylation sites is 1. The average Bonchev–Trinajstić information content (AvgIpc) is 1.37. The van der Waals surface area contributed by atoms with Crippen LogP contribution in [-0.4, -0.2) is 213 Å². The van der Waals surface area contributed by atoms with Crippen LogP contribution in [0, 0.1) is 11.3 Å². The molecule has 4 aromatic rings. The van der Waals surface area contributed by atoms with E-state index in [0.29, 0.717) is 56.3 Å². The number of H-pyrrole nitrogens is 1. The van der Waals surface area contributed by atoms with Crippen LogP contribution in [0.2, 0.25) is 5.02 Å². The third-order valence-electron chi connectivity index (χ3n) is 18.3. The van der Waals surface area contributed by atoms with Crippen molar-refractivity contribution in [3.05, 3.63) is 106 Å². The number of aliphatic hydroxyl groups excluding tert-OH is 2. The van der Waals surface area contributed by atoms with Gasteiger partial charge < -0.3 is 73.4 Å². The zero-order chi connectivity index (χ0) is 73.1. The van der Waals surface area contributed by atoms with Crippen molar-refractivity contribution < 1.29 is 82.0 Å². The maximum Gasteiger partial charge on any atom is 0.409 e. The molecule has 0 radical (unpaired) electrons. The predicted molar refractivity (Wildman–Crippen MR) is 377 cm³/mol. The summed E-state index contributed by atoms with van der Waals surface area (Å²) >= 11 is 6.81. The number of carbonyl (C=O) groups excluding carboxylic acids is 7. The van der Waals surface area contributed by atoms with Crippen molar-refractivity contribution in [2.75, 3.05) is 104 Å². The number of aliphatic hydroxyl groups is 3. The molecular weight excluding hydrogens is 1310 g/mol. The van der Waals surface area contributed by atoms with Crippen molar-refractivity contribution in [3.8, 4) is 22.5 Å². The van der Waals surface area contributed by atoms with E-state index in [1.54, 1.807) is 57.0 Å². The number of nitrogens with one attached hydrogen (secondary N) is 3. The van der Waals surface area contributed by atoms with Crippen LogP contribution >= 0.6 is 11.6 Å². The number of fused-ring (bicyclic) bond motifs is 9. The highest BCUT2D eigenvalue weighted by atomic mass is 35.5. The van der Waals surface area contributed by atoms with E-state index in [4.69, 9.17) is 44.8 Å². The maximum atomic E-state index is 14.5. The molecule has 0 unspecified atom stereocenters. The number of alkyl carbamates (subject to hydrolysis) is 1. The number of esters is 1. The fourth-order valence-electron chi connectivity index (χ4n) is 11.7. The number of hydrogen-bond donors (Lipinski definition) is 6. The lowest BCUT2D eigenvalue weighted by molar-refractivity contribution is -0.175. The van der Waals surface area contributed by atoms with Crippen molar-refractivity contribution in [3.63, 3.8) is 0 Å². The van der Waals surface area contributed by atoms with Gasteiger partial charge in [0.25, 0.3) is 0 Å². The van der Waals surface area contributed by atoms with E-state index in [1.165, 1.54) is 55.7 Å². The molecule has 100 heavy (non-hydrogen) atoms. The first-order valence-electron chi connectivity index (χ1n) is 34.4. The molecule has 0 aliphatic carbocycles. The summed E-state index contributed by atoms with van der Waals surface area (Å²) in [4.78, 5) is 100. The fraction of sp³-hybridized carbons (Fsp3) is 0.575. The van der Waals surface area contributed by atoms with E-state index in [1.807, 2.05) is 61.5 Å². The van der Waals surface area contributed by atoms with Crippen molar-refractivity contribution in [1.82, 2.24) is 35.8 Å². The van der Waals surface area contributed by atoms with Crippen LogP contribution in [0.4, 0.5) is 16.2 Å². The summed E-state index contributed by atoms with van der Waals surface area (Å²) in [6.45, 7) is 15.1. The predicted octanol–water partition coefficient (Wildman–Crippen LogP) is 8.01. The van der Waals surface area contributed by atoms with Gasteiger partial charge in [-0.2, -0.15) is 15.4 Å². The molecule has 6 amide bonds. The maximum absolute atomic E-state index is 14.5. The monoisotopic (exact) mass is 1410 g/mol. The molecule has 27 heteroatoms. The number of carbonyl (C=O) groups is 7. The van der Waals surface area contributed by atoms with Gasteiger partial charge >= 0.3 is 12.1 Å². The van der Waals surface area contributed by atoms with Gasteiger partial charge in [-0.25, -0.2) is 9.59 Å². The van der Waals surface area contributed by atoms with Crippen molar-refractivity contribution in [2.45, 2.75) is 168 Å². The van der Waals surface area contributed by atoms with Gasteiger partial charge in [-0.05, 0) is 55.5 Å². The van der Waals surface area contributed by atoms with Gasteiger partial charge in [-0.15, -0.1) is 0 Å². The molecule has 0 saturated carbocycles. The minimum Gasteiger partial charge on any atom is -0.460 e. The number of hydrogen-bond acceptors (Lipinski definition) is 19. The Bertz CT molecular complexity index is 3420. The highest BCUT2D eigenvalue weighted by Crippen LogP contribution is 2.42. The number of nitrogens with zero attached hydrogens (tertiary/aromatic N) is 6. The molecule has 7 rings (SSSR count). The van der Waals surface area contributed by atoms with Crippen LogP contribution in [0.25, 0.3) is 22.5 Å². The number of ether oxygens (including phenoxy) is 7. The number of allylic oxidation sites excluding steroid dienone is 3. The lowest BCUT2D eigenvalue weighted by atomic mass is 9.72. The number of benzene rings is 3. The molecule has 6 N–H and O–H groups in total. The molecule has 550 valence electrons. The number of methoxy groups -OCH3 is 1. The molecular formula is C73H104ClN9O17. The molecule has 3 aliphatic heterocycles. The first-order chi connectivity index (χ1) is 47.8. The van der Waals surface area contributed by atoms with Gasteiger partial charge in [0.05, 0.1) is 101 Å². The summed E-state index contributed by atoms with van der Waals surface area (Å²) in [5.74, 6) is -3.40. The lowest BCUT2D eigenvalue weighted by Gasteiger charge is -2.45. The molecule has 1 fully saturated rings. The smallest absolute Gasteiger partial charge is 0.409 e. The number of anilines is 2. The summed E-state index contributed by atoms with van der Waals surface area (Å²) in [7, 11) is 6.03. The first-order valence-corrected chi connectivity index (χ1v) is 34.8. The topological polar surface area (TPSA) is 323 Å². The first kappa shape index (κ1) is 81.3. The Hall–Kier alpha value is -7.66. The van der Waals surface area contributed by atoms with E-state index >= 15 is 0 Å². The second-order valence-corrected chi connectivity index (χ2v) is 26.5. The van der Waals surface area contributed by atoms with Gasteiger partial charge in [0.1, 0.15) is 35.4 Å². The summed E-state index contributed by atoms with van der Waals surface area (Å²) in [5, 5.41) is 51.4. The van der Waals surface area contributed by atoms with Crippen LogP contribution < -0.4 is 20.4 Å². The normalized spacial score (nSPS) is 21.1. The van der Waals surface area contributed by atoms with E-state index in [-0.39, 0.29) is 113 Å². The zero-order valence-electron chi connectivity index (χ0n) is 59.9. The Morgan fingerprint density at radius 1 is 0.840 bits per heavy atom. The fourth-order valence-corrected chi connectivity index (χ4v) is 12.0. The van der Waals surface area contributed by atoms with Gasteiger partial charge in [0, 0.05) is 102 Å².